The zero-order valence-corrected chi connectivity index (χ0v) is 14.6. The Morgan fingerprint density at radius 2 is 1.96 bits per heavy atom. The number of benzene rings is 1. The largest absolute Gasteiger partial charge is 0.310 e. The lowest BCUT2D eigenvalue weighted by atomic mass is 9.95. The maximum absolute atomic E-state index is 12.6. The highest BCUT2D eigenvalue weighted by Gasteiger charge is 2.15. The molecule has 2 aromatic heterocycles. The van der Waals surface area contributed by atoms with Crippen molar-refractivity contribution < 1.29 is 0 Å². The van der Waals surface area contributed by atoms with Gasteiger partial charge in [0.05, 0.1) is 11.4 Å². The fourth-order valence-electron chi connectivity index (χ4n) is 3.71. The summed E-state index contributed by atoms with van der Waals surface area (Å²) in [6.45, 7) is 2.60. The maximum Gasteiger partial charge on any atom is 0.254 e. The summed E-state index contributed by atoms with van der Waals surface area (Å²) < 4.78 is 1.81. The molecule has 2 N–H and O–H groups in total. The molecule has 0 atom stereocenters. The van der Waals surface area contributed by atoms with Crippen molar-refractivity contribution >= 4 is 11.0 Å². The number of nitrogens with zero attached hydrogens (tertiary/aromatic N) is 2. The summed E-state index contributed by atoms with van der Waals surface area (Å²) in [5.74, 6) is 0. The predicted octanol–water partition coefficient (Wildman–Crippen LogP) is 3.44. The molecule has 0 aliphatic heterocycles. The number of fused-ring (bicyclic) bond motifs is 1. The number of hydrogen-bond donors (Lipinski definition) is 2. The van der Waals surface area contributed by atoms with Gasteiger partial charge in [-0.1, -0.05) is 37.5 Å². The van der Waals surface area contributed by atoms with Crippen LogP contribution in [0.5, 0.6) is 0 Å². The molecule has 1 aromatic carbocycles. The summed E-state index contributed by atoms with van der Waals surface area (Å²) in [4.78, 5) is 15.6. The Balaban J connectivity index is 1.66. The minimum absolute atomic E-state index is 0.0344. The van der Waals surface area contributed by atoms with Crippen LogP contribution in [-0.2, 0) is 6.54 Å². The van der Waals surface area contributed by atoms with Crippen LogP contribution in [0.25, 0.3) is 16.7 Å². The number of aromatic amines is 1. The lowest BCUT2D eigenvalue weighted by Crippen LogP contribution is -2.32. The molecule has 0 saturated heterocycles. The molecule has 0 bridgehead atoms. The zero-order chi connectivity index (χ0) is 17.2. The quantitative estimate of drug-likeness (QED) is 0.767. The summed E-state index contributed by atoms with van der Waals surface area (Å²) in [5, 5.41) is 9.18. The van der Waals surface area contributed by atoms with Crippen molar-refractivity contribution in [2.75, 3.05) is 0 Å². The van der Waals surface area contributed by atoms with Crippen molar-refractivity contribution in [1.82, 2.24) is 20.1 Å². The van der Waals surface area contributed by atoms with Gasteiger partial charge < -0.3 is 10.3 Å². The van der Waals surface area contributed by atoms with Crippen molar-refractivity contribution in [1.29, 1.82) is 0 Å². The lowest BCUT2D eigenvalue weighted by Gasteiger charge is -2.22. The molecule has 1 fully saturated rings. The lowest BCUT2D eigenvalue weighted by molar-refractivity contribution is 0.372. The van der Waals surface area contributed by atoms with Crippen LogP contribution >= 0.6 is 0 Å². The number of pyridine rings is 1. The van der Waals surface area contributed by atoms with Crippen LogP contribution in [0.4, 0.5) is 0 Å². The summed E-state index contributed by atoms with van der Waals surface area (Å²) in [5.41, 5.74) is 3.38. The second-order valence-corrected chi connectivity index (χ2v) is 6.93. The SMILES string of the molecule is Cc1nn(-c2ccccc2)c2[nH]c(=O)c(CNC3CCCCC3)cc12. The molecule has 5 heteroatoms. The molecule has 3 aromatic rings. The van der Waals surface area contributed by atoms with Crippen LogP contribution < -0.4 is 10.9 Å². The first-order valence-corrected chi connectivity index (χ1v) is 9.13. The van der Waals surface area contributed by atoms with Gasteiger partial charge in [-0.2, -0.15) is 5.10 Å². The summed E-state index contributed by atoms with van der Waals surface area (Å²) in [7, 11) is 0. The van der Waals surface area contributed by atoms with Crippen molar-refractivity contribution in [3.05, 3.63) is 58.0 Å². The third kappa shape index (κ3) is 3.24. The van der Waals surface area contributed by atoms with Crippen molar-refractivity contribution in [3.8, 4) is 5.69 Å². The van der Waals surface area contributed by atoms with Crippen LogP contribution in [0.1, 0.15) is 43.4 Å². The minimum atomic E-state index is -0.0344. The molecule has 0 amide bonds. The maximum atomic E-state index is 12.6. The van der Waals surface area contributed by atoms with Gasteiger partial charge in [0, 0.05) is 23.5 Å². The van der Waals surface area contributed by atoms with E-state index in [0.717, 1.165) is 28.0 Å². The van der Waals surface area contributed by atoms with Gasteiger partial charge in [0.15, 0.2) is 0 Å². The Bertz CT molecular complexity index is 920. The van der Waals surface area contributed by atoms with E-state index < -0.39 is 0 Å². The van der Waals surface area contributed by atoms with E-state index >= 15 is 0 Å². The predicted molar refractivity (Wildman–Crippen MR) is 100 cm³/mol. The van der Waals surface area contributed by atoms with Gasteiger partial charge in [0.25, 0.3) is 5.56 Å². The normalized spacial score (nSPS) is 15.7. The molecule has 130 valence electrons. The number of hydrogen-bond acceptors (Lipinski definition) is 3. The van der Waals surface area contributed by atoms with Gasteiger partial charge in [0.2, 0.25) is 0 Å². The molecule has 2 heterocycles. The molecule has 0 unspecified atom stereocenters. The van der Waals surface area contributed by atoms with Gasteiger partial charge >= 0.3 is 0 Å². The average molecular weight is 336 g/mol. The number of para-hydroxylation sites is 1. The van der Waals surface area contributed by atoms with E-state index in [1.807, 2.05) is 48.0 Å². The van der Waals surface area contributed by atoms with Crippen molar-refractivity contribution in [2.45, 2.75) is 51.6 Å². The average Bonchev–Trinajstić information content (AvgIpc) is 2.97. The van der Waals surface area contributed by atoms with E-state index in [0.29, 0.717) is 12.6 Å². The number of rotatable bonds is 4. The molecule has 0 radical (unpaired) electrons. The van der Waals surface area contributed by atoms with Gasteiger partial charge in [-0.15, -0.1) is 0 Å². The standard InChI is InChI=1S/C20H24N4O/c1-14-18-12-15(13-21-16-8-4-2-5-9-16)20(25)22-19(18)24(23-14)17-10-6-3-7-11-17/h3,6-7,10-12,16,21H,2,4-5,8-9,13H2,1H3,(H,22,25). The van der Waals surface area contributed by atoms with Gasteiger partial charge in [0.1, 0.15) is 5.65 Å². The minimum Gasteiger partial charge on any atom is -0.310 e. The van der Waals surface area contributed by atoms with Gasteiger partial charge in [-0.3, -0.25) is 4.79 Å². The van der Waals surface area contributed by atoms with E-state index in [4.69, 9.17) is 0 Å². The van der Waals surface area contributed by atoms with Crippen LogP contribution in [0.3, 0.4) is 0 Å². The highest BCUT2D eigenvalue weighted by molar-refractivity contribution is 5.80. The molecule has 1 aliphatic rings. The Kier molecular flexibility index (Phi) is 4.40. The first-order valence-electron chi connectivity index (χ1n) is 9.13. The molecule has 5 nitrogen and oxygen atoms in total. The van der Waals surface area contributed by atoms with Crippen LogP contribution in [0.2, 0.25) is 0 Å². The van der Waals surface area contributed by atoms with E-state index in [-0.39, 0.29) is 5.56 Å². The smallest absolute Gasteiger partial charge is 0.254 e. The van der Waals surface area contributed by atoms with Gasteiger partial charge in [-0.25, -0.2) is 4.68 Å². The van der Waals surface area contributed by atoms with E-state index in [1.54, 1.807) is 0 Å². The van der Waals surface area contributed by atoms with Crippen LogP contribution in [0, 0.1) is 6.92 Å². The fraction of sp³-hybridized carbons (Fsp3) is 0.400. The monoisotopic (exact) mass is 336 g/mol. The molecule has 25 heavy (non-hydrogen) atoms. The molecule has 0 spiro atoms. The Morgan fingerprint density at radius 3 is 2.72 bits per heavy atom. The Morgan fingerprint density at radius 1 is 1.20 bits per heavy atom. The second-order valence-electron chi connectivity index (χ2n) is 6.93. The van der Waals surface area contributed by atoms with Crippen molar-refractivity contribution in [2.24, 2.45) is 0 Å². The number of aryl methyl sites for hydroxylation is 1. The number of aromatic nitrogens is 3. The first-order chi connectivity index (χ1) is 12.2. The zero-order valence-electron chi connectivity index (χ0n) is 14.6. The Hall–Kier alpha value is -2.40. The van der Waals surface area contributed by atoms with Crippen molar-refractivity contribution in [3.63, 3.8) is 0 Å². The second kappa shape index (κ2) is 6.84. The third-order valence-corrected chi connectivity index (χ3v) is 5.14. The molecular weight excluding hydrogens is 312 g/mol. The van der Waals surface area contributed by atoms with E-state index in [9.17, 15) is 4.79 Å². The molecule has 1 saturated carbocycles. The van der Waals surface area contributed by atoms with E-state index in [1.165, 1.54) is 32.1 Å². The highest BCUT2D eigenvalue weighted by atomic mass is 16.1. The summed E-state index contributed by atoms with van der Waals surface area (Å²) in [6.07, 6.45) is 6.34. The molecule has 4 rings (SSSR count). The number of nitrogens with one attached hydrogen (secondary N) is 2. The van der Waals surface area contributed by atoms with E-state index in [2.05, 4.69) is 15.4 Å². The molecule has 1 aliphatic carbocycles. The van der Waals surface area contributed by atoms with Crippen LogP contribution in [-0.4, -0.2) is 20.8 Å². The Labute approximate surface area is 147 Å². The fourth-order valence-corrected chi connectivity index (χ4v) is 3.71. The van der Waals surface area contributed by atoms with Crippen LogP contribution in [0.15, 0.2) is 41.2 Å². The molecular formula is C20H24N4O. The third-order valence-electron chi connectivity index (χ3n) is 5.14. The summed E-state index contributed by atoms with van der Waals surface area (Å²) in [6, 6.07) is 12.4. The topological polar surface area (TPSA) is 62.7 Å². The summed E-state index contributed by atoms with van der Waals surface area (Å²) >= 11 is 0. The first kappa shape index (κ1) is 16.1. The highest BCUT2D eigenvalue weighted by Crippen LogP contribution is 2.20. The number of H-pyrrole nitrogens is 1. The van der Waals surface area contributed by atoms with Gasteiger partial charge in [-0.05, 0) is 38.0 Å².